The number of nitrogens with zero attached hydrogens (tertiary/aromatic N) is 1. The minimum absolute atomic E-state index is 0.0700. The highest BCUT2D eigenvalue weighted by molar-refractivity contribution is 7.89. The van der Waals surface area contributed by atoms with Crippen molar-refractivity contribution in [1.29, 1.82) is 0 Å². The van der Waals surface area contributed by atoms with Crippen LogP contribution in [0.2, 0.25) is 0 Å². The van der Waals surface area contributed by atoms with E-state index in [9.17, 15) is 8.42 Å². The third-order valence-electron chi connectivity index (χ3n) is 2.13. The molecule has 1 aromatic heterocycles. The van der Waals surface area contributed by atoms with E-state index in [4.69, 9.17) is 11.6 Å². The van der Waals surface area contributed by atoms with Crippen LogP contribution in [0, 0.1) is 0 Å². The zero-order chi connectivity index (χ0) is 12.3. The van der Waals surface area contributed by atoms with Crippen molar-refractivity contribution in [2.24, 2.45) is 0 Å². The Kier molecular flexibility index (Phi) is 3.98. The average Bonchev–Trinajstić information content (AvgIpc) is 2.69. The lowest BCUT2D eigenvalue weighted by Crippen LogP contribution is -2.26. The van der Waals surface area contributed by atoms with Gasteiger partial charge in [-0.2, -0.15) is 0 Å². The van der Waals surface area contributed by atoms with Gasteiger partial charge in [0.2, 0.25) is 10.0 Å². The molecular weight excluding hydrogens is 280 g/mol. The number of rotatable bonds is 5. The van der Waals surface area contributed by atoms with Crippen molar-refractivity contribution in [3.8, 4) is 0 Å². The Morgan fingerprint density at radius 3 is 2.82 bits per heavy atom. The van der Waals surface area contributed by atoms with Crippen LogP contribution in [-0.2, 0) is 16.6 Å². The van der Waals surface area contributed by atoms with Gasteiger partial charge < -0.3 is 0 Å². The van der Waals surface area contributed by atoms with Crippen LogP contribution in [0.3, 0.4) is 0 Å². The Morgan fingerprint density at radius 2 is 2.12 bits per heavy atom. The van der Waals surface area contributed by atoms with E-state index in [-0.39, 0.29) is 18.2 Å². The van der Waals surface area contributed by atoms with Crippen molar-refractivity contribution in [2.75, 3.05) is 11.6 Å². The smallest absolute Gasteiger partial charge is 0.213 e. The normalized spacial score (nSPS) is 12.1. The summed E-state index contributed by atoms with van der Waals surface area (Å²) in [6.45, 7) is 0.221. The maximum Gasteiger partial charge on any atom is 0.213 e. The monoisotopic (exact) mass is 290 g/mol. The highest BCUT2D eigenvalue weighted by Crippen LogP contribution is 2.21. The molecule has 0 atom stereocenters. The van der Waals surface area contributed by atoms with Crippen molar-refractivity contribution in [1.82, 2.24) is 9.71 Å². The van der Waals surface area contributed by atoms with Gasteiger partial charge in [-0.1, -0.05) is 12.1 Å². The molecule has 0 spiro atoms. The SMILES string of the molecule is O=S(=O)(CCCl)NCc1nc2ccccc2s1. The van der Waals surface area contributed by atoms with Crippen molar-refractivity contribution >= 4 is 43.2 Å². The van der Waals surface area contributed by atoms with Crippen LogP contribution in [0.5, 0.6) is 0 Å². The number of halogens is 1. The van der Waals surface area contributed by atoms with E-state index >= 15 is 0 Å². The van der Waals surface area contributed by atoms with Gasteiger partial charge in [0.15, 0.2) is 0 Å². The quantitative estimate of drug-likeness (QED) is 0.856. The number of fused-ring (bicyclic) bond motifs is 1. The van der Waals surface area contributed by atoms with E-state index in [0.717, 1.165) is 15.2 Å². The minimum atomic E-state index is -3.28. The second kappa shape index (κ2) is 5.30. The van der Waals surface area contributed by atoms with E-state index in [1.807, 2.05) is 24.3 Å². The van der Waals surface area contributed by atoms with Crippen molar-refractivity contribution < 1.29 is 8.42 Å². The summed E-state index contributed by atoms with van der Waals surface area (Å²) in [5, 5.41) is 0.754. The topological polar surface area (TPSA) is 59.1 Å². The third kappa shape index (κ3) is 3.38. The van der Waals surface area contributed by atoms with Crippen LogP contribution < -0.4 is 4.72 Å². The number of hydrogen-bond donors (Lipinski definition) is 1. The van der Waals surface area contributed by atoms with Crippen LogP contribution in [0.25, 0.3) is 10.2 Å². The van der Waals surface area contributed by atoms with Gasteiger partial charge in [0, 0.05) is 5.88 Å². The minimum Gasteiger partial charge on any atom is -0.240 e. The van der Waals surface area contributed by atoms with Crippen molar-refractivity contribution in [3.63, 3.8) is 0 Å². The molecule has 92 valence electrons. The number of nitrogens with one attached hydrogen (secondary N) is 1. The molecule has 0 aliphatic heterocycles. The fourth-order valence-electron chi connectivity index (χ4n) is 1.34. The number of aromatic nitrogens is 1. The number of hydrogen-bond acceptors (Lipinski definition) is 4. The molecular formula is C10H11ClN2O2S2. The molecule has 1 heterocycles. The summed E-state index contributed by atoms with van der Waals surface area (Å²) in [6, 6.07) is 7.71. The molecule has 0 saturated carbocycles. The van der Waals surface area contributed by atoms with Gasteiger partial charge in [0.25, 0.3) is 0 Å². The lowest BCUT2D eigenvalue weighted by molar-refractivity contribution is 0.582. The molecule has 0 amide bonds. The summed E-state index contributed by atoms with van der Waals surface area (Å²) in [5.41, 5.74) is 0.893. The first-order valence-electron chi connectivity index (χ1n) is 4.98. The summed E-state index contributed by atoms with van der Waals surface area (Å²) < 4.78 is 26.3. The van der Waals surface area contributed by atoms with Crippen LogP contribution in [0.4, 0.5) is 0 Å². The summed E-state index contributed by atoms with van der Waals surface area (Å²) in [6.07, 6.45) is 0. The molecule has 0 saturated heterocycles. The molecule has 1 N–H and O–H groups in total. The maximum absolute atomic E-state index is 11.4. The molecule has 2 rings (SSSR count). The molecule has 17 heavy (non-hydrogen) atoms. The fraction of sp³-hybridized carbons (Fsp3) is 0.300. The van der Waals surface area contributed by atoms with E-state index < -0.39 is 10.0 Å². The molecule has 0 bridgehead atoms. The summed E-state index contributed by atoms with van der Waals surface area (Å²) in [7, 11) is -3.28. The van der Waals surface area contributed by atoms with Gasteiger partial charge in [-0.15, -0.1) is 22.9 Å². The van der Waals surface area contributed by atoms with Crippen molar-refractivity contribution in [2.45, 2.75) is 6.54 Å². The van der Waals surface area contributed by atoms with Crippen LogP contribution in [0.1, 0.15) is 5.01 Å². The lowest BCUT2D eigenvalue weighted by atomic mass is 10.3. The van der Waals surface area contributed by atoms with Gasteiger partial charge in [0.1, 0.15) is 5.01 Å². The van der Waals surface area contributed by atoms with Gasteiger partial charge in [-0.05, 0) is 12.1 Å². The second-order valence-corrected chi connectivity index (χ2v) is 6.82. The third-order valence-corrected chi connectivity index (χ3v) is 4.90. The predicted octanol–water partition coefficient (Wildman–Crippen LogP) is 1.95. The summed E-state index contributed by atoms with van der Waals surface area (Å²) in [4.78, 5) is 4.33. The highest BCUT2D eigenvalue weighted by atomic mass is 35.5. The lowest BCUT2D eigenvalue weighted by Gasteiger charge is -2.01. The molecule has 1 aromatic carbocycles. The zero-order valence-corrected chi connectivity index (χ0v) is 11.3. The molecule has 0 fully saturated rings. The highest BCUT2D eigenvalue weighted by Gasteiger charge is 2.10. The Labute approximate surface area is 109 Å². The van der Waals surface area contributed by atoms with Gasteiger partial charge in [-0.25, -0.2) is 18.1 Å². The molecule has 0 radical (unpaired) electrons. The standard InChI is InChI=1S/C10H11ClN2O2S2/c11-5-6-17(14,15)12-7-10-13-8-3-1-2-4-9(8)16-10/h1-4,12H,5-7H2. The largest absolute Gasteiger partial charge is 0.240 e. The molecule has 0 aliphatic carbocycles. The summed E-state index contributed by atoms with van der Waals surface area (Å²) in [5.74, 6) is 0.0224. The average molecular weight is 291 g/mol. The number of sulfonamides is 1. The molecule has 0 aliphatic rings. The van der Waals surface area contributed by atoms with E-state index in [1.165, 1.54) is 11.3 Å². The fourth-order valence-corrected chi connectivity index (χ4v) is 3.65. The maximum atomic E-state index is 11.4. The molecule has 7 heteroatoms. The van der Waals surface area contributed by atoms with E-state index in [2.05, 4.69) is 9.71 Å². The van der Waals surface area contributed by atoms with Crippen LogP contribution >= 0.6 is 22.9 Å². The Morgan fingerprint density at radius 1 is 1.35 bits per heavy atom. The Hall–Kier alpha value is -0.690. The van der Waals surface area contributed by atoms with Crippen molar-refractivity contribution in [3.05, 3.63) is 29.3 Å². The zero-order valence-electron chi connectivity index (χ0n) is 8.89. The number of benzene rings is 1. The molecule has 4 nitrogen and oxygen atoms in total. The van der Waals surface area contributed by atoms with E-state index in [0.29, 0.717) is 0 Å². The number of alkyl halides is 1. The number of para-hydroxylation sites is 1. The molecule has 0 unspecified atom stereocenters. The predicted molar refractivity (Wildman–Crippen MR) is 71.0 cm³/mol. The summed E-state index contributed by atoms with van der Waals surface area (Å²) >= 11 is 6.88. The first-order valence-corrected chi connectivity index (χ1v) is 7.99. The van der Waals surface area contributed by atoms with Gasteiger partial charge in [0.05, 0.1) is 22.5 Å². The molecule has 2 aromatic rings. The van der Waals surface area contributed by atoms with E-state index in [1.54, 1.807) is 0 Å². The van der Waals surface area contributed by atoms with Crippen LogP contribution in [0.15, 0.2) is 24.3 Å². The van der Waals surface area contributed by atoms with Gasteiger partial charge in [-0.3, -0.25) is 0 Å². The Balaban J connectivity index is 2.09. The van der Waals surface area contributed by atoms with Gasteiger partial charge >= 0.3 is 0 Å². The Bertz CT molecular complexity index is 577. The second-order valence-electron chi connectivity index (χ2n) is 3.40. The van der Waals surface area contributed by atoms with Crippen LogP contribution in [-0.4, -0.2) is 25.0 Å². The first-order chi connectivity index (χ1) is 8.11. The number of thiazole rings is 1. The first kappa shape index (κ1) is 12.8.